The van der Waals surface area contributed by atoms with E-state index in [0.717, 1.165) is 5.75 Å². The van der Waals surface area contributed by atoms with Crippen molar-refractivity contribution < 1.29 is 9.47 Å². The number of rotatable bonds is 4. The first-order valence-corrected chi connectivity index (χ1v) is 7.20. The molecule has 0 amide bonds. The van der Waals surface area contributed by atoms with Crippen LogP contribution in [-0.2, 0) is 4.74 Å². The summed E-state index contributed by atoms with van der Waals surface area (Å²) in [6.07, 6.45) is 2.77. The Labute approximate surface area is 128 Å². The normalized spacial score (nSPS) is 22.9. The molecular weight excluding hydrogens is 290 g/mol. The maximum absolute atomic E-state index is 6.14. The molecule has 21 heavy (non-hydrogen) atoms. The van der Waals surface area contributed by atoms with Crippen molar-refractivity contribution in [3.8, 4) is 5.75 Å². The summed E-state index contributed by atoms with van der Waals surface area (Å²) in [5.41, 5.74) is -0.504. The topological polar surface area (TPSA) is 52.5 Å². The first-order chi connectivity index (χ1) is 9.92. The molecule has 112 valence electrons. The summed E-state index contributed by atoms with van der Waals surface area (Å²) in [7, 11) is 0. The molecule has 2 unspecified atom stereocenters. The zero-order chi connectivity index (χ0) is 15.1. The Morgan fingerprint density at radius 1 is 1.33 bits per heavy atom. The second-order valence-electron chi connectivity index (χ2n) is 6.23. The maximum Gasteiger partial charge on any atom is 0.224 e. The first kappa shape index (κ1) is 14.4. The summed E-state index contributed by atoms with van der Waals surface area (Å²) in [5.74, 6) is 0.721. The van der Waals surface area contributed by atoms with Crippen LogP contribution in [0.15, 0.2) is 36.9 Å². The molecule has 6 heteroatoms. The van der Waals surface area contributed by atoms with Gasteiger partial charge in [-0.15, -0.1) is 0 Å². The van der Waals surface area contributed by atoms with Crippen molar-refractivity contribution in [1.82, 2.24) is 14.8 Å². The van der Waals surface area contributed by atoms with Gasteiger partial charge in [-0.25, -0.2) is 9.67 Å². The van der Waals surface area contributed by atoms with Crippen LogP contribution in [0.4, 0.5) is 0 Å². The Balaban J connectivity index is 1.93. The summed E-state index contributed by atoms with van der Waals surface area (Å²) in [6.45, 7) is 7.04. The standard InChI is InChI=1S/C15H18ClN3O2/c1-14(2,3)15(8-20-15)13(19-10-17-9-18-19)21-12-6-4-11(16)5-7-12/h4-7,9-10,13H,8H2,1-3H3. The Morgan fingerprint density at radius 3 is 2.48 bits per heavy atom. The highest BCUT2D eigenvalue weighted by atomic mass is 35.5. The van der Waals surface area contributed by atoms with Crippen LogP contribution in [0.2, 0.25) is 5.02 Å². The van der Waals surface area contributed by atoms with Crippen molar-refractivity contribution >= 4 is 11.6 Å². The van der Waals surface area contributed by atoms with E-state index < -0.39 is 5.60 Å². The molecule has 1 aliphatic heterocycles. The van der Waals surface area contributed by atoms with Crippen LogP contribution in [0.5, 0.6) is 5.75 Å². The number of benzene rings is 1. The maximum atomic E-state index is 6.14. The highest BCUT2D eigenvalue weighted by Gasteiger charge is 2.62. The highest BCUT2D eigenvalue weighted by molar-refractivity contribution is 6.30. The van der Waals surface area contributed by atoms with E-state index in [1.54, 1.807) is 23.1 Å². The Hall–Kier alpha value is -1.59. The molecule has 1 fully saturated rings. The first-order valence-electron chi connectivity index (χ1n) is 6.83. The van der Waals surface area contributed by atoms with E-state index in [9.17, 15) is 0 Å². The minimum absolute atomic E-state index is 0.0873. The van der Waals surface area contributed by atoms with Gasteiger partial charge in [-0.05, 0) is 29.7 Å². The van der Waals surface area contributed by atoms with Gasteiger partial charge in [0.25, 0.3) is 0 Å². The van der Waals surface area contributed by atoms with E-state index >= 15 is 0 Å². The van der Waals surface area contributed by atoms with Crippen LogP contribution in [-0.4, -0.2) is 27.0 Å². The summed E-state index contributed by atoms with van der Waals surface area (Å²) >= 11 is 5.91. The molecule has 3 rings (SSSR count). The molecule has 0 saturated carbocycles. The lowest BCUT2D eigenvalue weighted by molar-refractivity contribution is -0.0266. The van der Waals surface area contributed by atoms with Crippen molar-refractivity contribution in [2.45, 2.75) is 32.6 Å². The third kappa shape index (κ3) is 2.63. The second kappa shape index (κ2) is 5.00. The Kier molecular flexibility index (Phi) is 3.42. The average Bonchev–Trinajstić information content (AvgIpc) is 3.07. The third-order valence-electron chi connectivity index (χ3n) is 3.86. The van der Waals surface area contributed by atoms with E-state index in [2.05, 4.69) is 30.9 Å². The van der Waals surface area contributed by atoms with Gasteiger partial charge in [0.2, 0.25) is 6.23 Å². The fourth-order valence-electron chi connectivity index (χ4n) is 2.37. The van der Waals surface area contributed by atoms with E-state index in [-0.39, 0.29) is 11.6 Å². The molecule has 1 aromatic heterocycles. The van der Waals surface area contributed by atoms with Crippen molar-refractivity contribution in [3.63, 3.8) is 0 Å². The number of hydrogen-bond donors (Lipinski definition) is 0. The second-order valence-corrected chi connectivity index (χ2v) is 6.66. The number of ether oxygens (including phenoxy) is 2. The predicted molar refractivity (Wildman–Crippen MR) is 79.3 cm³/mol. The molecular formula is C15H18ClN3O2. The van der Waals surface area contributed by atoms with Crippen molar-refractivity contribution in [2.24, 2.45) is 5.41 Å². The Bertz CT molecular complexity index is 601. The molecule has 0 radical (unpaired) electrons. The van der Waals surface area contributed by atoms with Gasteiger partial charge in [-0.3, -0.25) is 0 Å². The van der Waals surface area contributed by atoms with Gasteiger partial charge < -0.3 is 9.47 Å². The lowest BCUT2D eigenvalue weighted by atomic mass is 9.79. The fraction of sp³-hybridized carbons (Fsp3) is 0.467. The summed E-state index contributed by atoms with van der Waals surface area (Å²) < 4.78 is 13.6. The van der Waals surface area contributed by atoms with Crippen molar-refractivity contribution in [2.75, 3.05) is 6.61 Å². The largest absolute Gasteiger partial charge is 0.465 e. The number of aromatic nitrogens is 3. The lowest BCUT2D eigenvalue weighted by Crippen LogP contribution is -2.42. The smallest absolute Gasteiger partial charge is 0.224 e. The average molecular weight is 308 g/mol. The van der Waals surface area contributed by atoms with Crippen LogP contribution in [0.3, 0.4) is 0 Å². The molecule has 0 bridgehead atoms. The zero-order valence-corrected chi connectivity index (χ0v) is 13.0. The van der Waals surface area contributed by atoms with E-state index in [4.69, 9.17) is 21.1 Å². The van der Waals surface area contributed by atoms with Crippen molar-refractivity contribution in [3.05, 3.63) is 41.9 Å². The molecule has 5 nitrogen and oxygen atoms in total. The van der Waals surface area contributed by atoms with Gasteiger partial charge in [-0.1, -0.05) is 32.4 Å². The fourth-order valence-corrected chi connectivity index (χ4v) is 2.49. The van der Waals surface area contributed by atoms with E-state index in [1.165, 1.54) is 6.33 Å². The molecule has 2 aromatic rings. The predicted octanol–water partition coefficient (Wildman–Crippen LogP) is 3.32. The van der Waals surface area contributed by atoms with Crippen LogP contribution < -0.4 is 4.74 Å². The number of epoxide rings is 1. The van der Waals surface area contributed by atoms with Crippen LogP contribution >= 0.6 is 11.6 Å². The molecule has 1 saturated heterocycles. The van der Waals surface area contributed by atoms with Gasteiger partial charge in [0.1, 0.15) is 18.4 Å². The number of hydrogen-bond acceptors (Lipinski definition) is 4. The zero-order valence-electron chi connectivity index (χ0n) is 12.3. The quantitative estimate of drug-likeness (QED) is 0.813. The van der Waals surface area contributed by atoms with Crippen LogP contribution in [0.1, 0.15) is 27.0 Å². The minimum Gasteiger partial charge on any atom is -0.465 e. The third-order valence-corrected chi connectivity index (χ3v) is 4.11. The summed E-state index contributed by atoms with van der Waals surface area (Å²) in [4.78, 5) is 4.02. The molecule has 0 spiro atoms. The SMILES string of the molecule is CC(C)(C)C1(C(Oc2ccc(Cl)cc2)n2cncn2)CO1. The molecule has 0 N–H and O–H groups in total. The summed E-state index contributed by atoms with van der Waals surface area (Å²) in [6, 6.07) is 7.27. The van der Waals surface area contributed by atoms with Crippen molar-refractivity contribution in [1.29, 1.82) is 0 Å². The van der Waals surface area contributed by atoms with E-state index in [0.29, 0.717) is 11.6 Å². The van der Waals surface area contributed by atoms with Crippen LogP contribution in [0, 0.1) is 5.41 Å². The van der Waals surface area contributed by atoms with Gasteiger partial charge in [0, 0.05) is 5.02 Å². The molecule has 1 aliphatic rings. The minimum atomic E-state index is -0.416. The Morgan fingerprint density at radius 2 is 2.00 bits per heavy atom. The molecule has 2 atom stereocenters. The molecule has 0 aliphatic carbocycles. The number of halogens is 1. The molecule has 2 heterocycles. The van der Waals surface area contributed by atoms with Gasteiger partial charge in [-0.2, -0.15) is 5.10 Å². The lowest BCUT2D eigenvalue weighted by Gasteiger charge is -2.34. The number of nitrogens with zero attached hydrogens (tertiary/aromatic N) is 3. The van der Waals surface area contributed by atoms with Gasteiger partial charge in [0.05, 0.1) is 6.61 Å². The van der Waals surface area contributed by atoms with E-state index in [1.807, 2.05) is 12.1 Å². The summed E-state index contributed by atoms with van der Waals surface area (Å²) in [5, 5.41) is 4.90. The molecule has 1 aromatic carbocycles. The monoisotopic (exact) mass is 307 g/mol. The van der Waals surface area contributed by atoms with Gasteiger partial charge >= 0.3 is 0 Å². The van der Waals surface area contributed by atoms with Crippen LogP contribution in [0.25, 0.3) is 0 Å². The highest BCUT2D eigenvalue weighted by Crippen LogP contribution is 2.51. The van der Waals surface area contributed by atoms with Gasteiger partial charge in [0.15, 0.2) is 5.60 Å².